The van der Waals surface area contributed by atoms with Crippen LogP contribution < -0.4 is 5.32 Å². The molecule has 0 aliphatic carbocycles. The number of rotatable bonds is 6. The molecule has 0 saturated heterocycles. The largest absolute Gasteiger partial charge is 0.378 e. The molecule has 0 radical (unpaired) electrons. The van der Waals surface area contributed by atoms with Gasteiger partial charge in [0.25, 0.3) is 0 Å². The number of H-pyrrole nitrogens is 1. The SMILES string of the molecule is CCCCc1nc(Cl)c(CNc2cnc(Cl)c(C)c2)[nH]1. The van der Waals surface area contributed by atoms with Crippen LogP contribution in [0.15, 0.2) is 12.3 Å². The molecule has 0 bridgehead atoms. The van der Waals surface area contributed by atoms with Crippen LogP contribution >= 0.6 is 23.2 Å². The average molecular weight is 313 g/mol. The zero-order valence-corrected chi connectivity index (χ0v) is 13.1. The fourth-order valence-electron chi connectivity index (χ4n) is 1.86. The van der Waals surface area contributed by atoms with Gasteiger partial charge in [0.15, 0.2) is 5.15 Å². The first kappa shape index (κ1) is 15.1. The summed E-state index contributed by atoms with van der Waals surface area (Å²) in [7, 11) is 0. The van der Waals surface area contributed by atoms with Gasteiger partial charge in [0.2, 0.25) is 0 Å². The van der Waals surface area contributed by atoms with Crippen molar-refractivity contribution < 1.29 is 0 Å². The molecular weight excluding hydrogens is 295 g/mol. The maximum absolute atomic E-state index is 6.13. The highest BCUT2D eigenvalue weighted by atomic mass is 35.5. The van der Waals surface area contributed by atoms with Gasteiger partial charge in [-0.1, -0.05) is 36.5 Å². The number of halogens is 2. The van der Waals surface area contributed by atoms with Crippen LogP contribution in [0.4, 0.5) is 5.69 Å². The fraction of sp³-hybridized carbons (Fsp3) is 0.429. The molecule has 2 rings (SSSR count). The molecule has 2 heterocycles. The number of aromatic amines is 1. The Balaban J connectivity index is 1.99. The van der Waals surface area contributed by atoms with Crippen molar-refractivity contribution >= 4 is 28.9 Å². The van der Waals surface area contributed by atoms with Crippen LogP contribution in [0.25, 0.3) is 0 Å². The van der Waals surface area contributed by atoms with Gasteiger partial charge < -0.3 is 10.3 Å². The van der Waals surface area contributed by atoms with Crippen LogP contribution in [0.3, 0.4) is 0 Å². The van der Waals surface area contributed by atoms with E-state index in [0.717, 1.165) is 42.0 Å². The minimum atomic E-state index is 0.525. The molecule has 20 heavy (non-hydrogen) atoms. The van der Waals surface area contributed by atoms with Crippen molar-refractivity contribution in [3.05, 3.63) is 39.7 Å². The van der Waals surface area contributed by atoms with E-state index in [9.17, 15) is 0 Å². The van der Waals surface area contributed by atoms with Crippen molar-refractivity contribution in [1.29, 1.82) is 0 Å². The number of hydrogen-bond donors (Lipinski definition) is 2. The Kier molecular flexibility index (Phi) is 5.26. The van der Waals surface area contributed by atoms with E-state index >= 15 is 0 Å². The second kappa shape index (κ2) is 6.95. The average Bonchev–Trinajstić information content (AvgIpc) is 2.78. The lowest BCUT2D eigenvalue weighted by Gasteiger charge is -2.06. The third kappa shape index (κ3) is 3.87. The summed E-state index contributed by atoms with van der Waals surface area (Å²) in [5, 5.41) is 4.32. The number of imidazole rings is 1. The number of aryl methyl sites for hydroxylation is 2. The highest BCUT2D eigenvalue weighted by Gasteiger charge is 2.08. The number of unbranched alkanes of at least 4 members (excludes halogenated alkanes) is 1. The van der Waals surface area contributed by atoms with E-state index in [2.05, 4.69) is 27.2 Å². The van der Waals surface area contributed by atoms with E-state index in [1.54, 1.807) is 6.20 Å². The van der Waals surface area contributed by atoms with Gasteiger partial charge in [0.1, 0.15) is 11.0 Å². The smallest absolute Gasteiger partial charge is 0.152 e. The van der Waals surface area contributed by atoms with Crippen LogP contribution in [0.2, 0.25) is 10.3 Å². The van der Waals surface area contributed by atoms with Gasteiger partial charge in [-0.2, -0.15) is 0 Å². The minimum absolute atomic E-state index is 0.525. The molecule has 2 N–H and O–H groups in total. The molecule has 0 aliphatic heterocycles. The van der Waals surface area contributed by atoms with Gasteiger partial charge in [-0.05, 0) is 25.0 Å². The van der Waals surface area contributed by atoms with Crippen LogP contribution in [-0.2, 0) is 13.0 Å². The van der Waals surface area contributed by atoms with Crippen molar-refractivity contribution in [3.8, 4) is 0 Å². The number of anilines is 1. The summed E-state index contributed by atoms with van der Waals surface area (Å²) >= 11 is 12.0. The van der Waals surface area contributed by atoms with E-state index in [0.29, 0.717) is 16.9 Å². The molecule has 0 spiro atoms. The maximum atomic E-state index is 6.13. The maximum Gasteiger partial charge on any atom is 0.152 e. The topological polar surface area (TPSA) is 53.6 Å². The number of hydrogen-bond acceptors (Lipinski definition) is 3. The van der Waals surface area contributed by atoms with Gasteiger partial charge >= 0.3 is 0 Å². The molecule has 0 aliphatic rings. The van der Waals surface area contributed by atoms with E-state index < -0.39 is 0 Å². The van der Waals surface area contributed by atoms with Gasteiger partial charge in [0.05, 0.1) is 24.1 Å². The molecule has 2 aromatic heterocycles. The zero-order chi connectivity index (χ0) is 14.5. The molecule has 6 heteroatoms. The summed E-state index contributed by atoms with van der Waals surface area (Å²) in [5.74, 6) is 0.944. The van der Waals surface area contributed by atoms with Crippen molar-refractivity contribution in [1.82, 2.24) is 15.0 Å². The van der Waals surface area contributed by atoms with Crippen LogP contribution in [0, 0.1) is 6.92 Å². The van der Waals surface area contributed by atoms with Crippen molar-refractivity contribution in [2.45, 2.75) is 39.7 Å². The molecule has 4 nitrogen and oxygen atoms in total. The molecule has 108 valence electrons. The quantitative estimate of drug-likeness (QED) is 0.778. The first-order chi connectivity index (χ1) is 9.60. The third-order valence-corrected chi connectivity index (χ3v) is 3.74. The predicted molar refractivity (Wildman–Crippen MR) is 83.5 cm³/mol. The highest BCUT2D eigenvalue weighted by molar-refractivity contribution is 6.30. The summed E-state index contributed by atoms with van der Waals surface area (Å²) in [4.78, 5) is 11.7. The van der Waals surface area contributed by atoms with Gasteiger partial charge in [-0.25, -0.2) is 9.97 Å². The molecular formula is C14H18Cl2N4. The molecule has 0 unspecified atom stereocenters. The first-order valence-electron chi connectivity index (χ1n) is 6.69. The van der Waals surface area contributed by atoms with Crippen LogP contribution in [-0.4, -0.2) is 15.0 Å². The summed E-state index contributed by atoms with van der Waals surface area (Å²) in [6.45, 7) is 4.66. The Labute approximate surface area is 128 Å². The summed E-state index contributed by atoms with van der Waals surface area (Å²) in [5.41, 5.74) is 2.74. The van der Waals surface area contributed by atoms with E-state index in [4.69, 9.17) is 23.2 Å². The van der Waals surface area contributed by atoms with Crippen LogP contribution in [0.5, 0.6) is 0 Å². The highest BCUT2D eigenvalue weighted by Crippen LogP contribution is 2.19. The van der Waals surface area contributed by atoms with Gasteiger partial charge in [-0.3, -0.25) is 0 Å². The Morgan fingerprint density at radius 1 is 1.30 bits per heavy atom. The van der Waals surface area contributed by atoms with Crippen molar-refractivity contribution in [2.24, 2.45) is 0 Å². The Morgan fingerprint density at radius 3 is 2.80 bits per heavy atom. The lowest BCUT2D eigenvalue weighted by Crippen LogP contribution is -2.01. The van der Waals surface area contributed by atoms with E-state index in [-0.39, 0.29) is 0 Å². The summed E-state index contributed by atoms with van der Waals surface area (Å²) < 4.78 is 0. The van der Waals surface area contributed by atoms with E-state index in [1.165, 1.54) is 0 Å². The number of aromatic nitrogens is 3. The molecule has 0 atom stereocenters. The second-order valence-electron chi connectivity index (χ2n) is 4.74. The standard InChI is InChI=1S/C14H18Cl2N4/c1-3-4-5-12-19-11(14(16)20-12)8-17-10-6-9(2)13(15)18-7-10/h6-7,17H,3-5,8H2,1-2H3,(H,19,20). The third-order valence-electron chi connectivity index (χ3n) is 3.03. The number of nitrogens with one attached hydrogen (secondary N) is 2. The Morgan fingerprint density at radius 2 is 2.10 bits per heavy atom. The molecule has 0 fully saturated rings. The predicted octanol–water partition coefficient (Wildman–Crippen LogP) is 4.37. The molecule has 0 amide bonds. The first-order valence-corrected chi connectivity index (χ1v) is 7.45. The fourth-order valence-corrected chi connectivity index (χ4v) is 2.18. The molecule has 2 aromatic rings. The Bertz CT molecular complexity index is 581. The number of pyridine rings is 1. The Hall–Kier alpha value is -1.26. The monoisotopic (exact) mass is 312 g/mol. The second-order valence-corrected chi connectivity index (χ2v) is 5.46. The van der Waals surface area contributed by atoms with E-state index in [1.807, 2.05) is 13.0 Å². The normalized spacial score (nSPS) is 10.8. The lowest BCUT2D eigenvalue weighted by molar-refractivity contribution is 0.760. The summed E-state index contributed by atoms with van der Waals surface area (Å²) in [6.07, 6.45) is 4.88. The number of nitrogens with zero attached hydrogens (tertiary/aromatic N) is 2. The molecule has 0 saturated carbocycles. The van der Waals surface area contributed by atoms with Gasteiger partial charge in [0, 0.05) is 6.42 Å². The van der Waals surface area contributed by atoms with Crippen LogP contribution in [0.1, 0.15) is 36.8 Å². The minimum Gasteiger partial charge on any atom is -0.378 e. The zero-order valence-electron chi connectivity index (χ0n) is 11.6. The lowest BCUT2D eigenvalue weighted by atomic mass is 10.2. The van der Waals surface area contributed by atoms with Crippen molar-refractivity contribution in [2.75, 3.05) is 5.32 Å². The molecule has 0 aromatic carbocycles. The summed E-state index contributed by atoms with van der Waals surface area (Å²) in [6, 6.07) is 1.96. The van der Waals surface area contributed by atoms with Gasteiger partial charge in [-0.15, -0.1) is 0 Å². The van der Waals surface area contributed by atoms with Crippen molar-refractivity contribution in [3.63, 3.8) is 0 Å².